The van der Waals surface area contributed by atoms with Crippen LogP contribution < -0.4 is 14.9 Å². The van der Waals surface area contributed by atoms with Crippen molar-refractivity contribution < 1.29 is 22.1 Å². The smallest absolute Gasteiger partial charge is 0.249 e. The molecule has 2 N–H and O–H groups in total. The number of halogens is 1. The molecule has 236 valence electrons. The summed E-state index contributed by atoms with van der Waals surface area (Å²) >= 11 is 6.92. The third kappa shape index (κ3) is 7.23. The Hall–Kier alpha value is -3.52. The first-order valence-corrected chi connectivity index (χ1v) is 16.4. The lowest BCUT2D eigenvalue weighted by Crippen LogP contribution is -2.35. The molecule has 0 radical (unpaired) electrons. The van der Waals surface area contributed by atoms with Gasteiger partial charge in [-0.25, -0.2) is 13.4 Å². The molecule has 4 aromatic rings. The van der Waals surface area contributed by atoms with Crippen LogP contribution in [0.3, 0.4) is 0 Å². The Kier molecular flexibility index (Phi) is 9.30. The average molecular weight is 644 g/mol. The lowest BCUT2D eigenvalue weighted by atomic mass is 9.94. The highest BCUT2D eigenvalue weighted by atomic mass is 35.5. The molecule has 1 aliphatic carbocycles. The number of rotatable bonds is 14. The summed E-state index contributed by atoms with van der Waals surface area (Å²) in [5.41, 5.74) is 7.61. The zero-order valence-corrected chi connectivity index (χ0v) is 27.1. The van der Waals surface area contributed by atoms with Gasteiger partial charge in [0.2, 0.25) is 21.8 Å². The quantitative estimate of drug-likeness (QED) is 0.205. The maximum atomic E-state index is 13.5. The van der Waals surface area contributed by atoms with Crippen LogP contribution in [-0.4, -0.2) is 62.6 Å². The van der Waals surface area contributed by atoms with E-state index in [2.05, 4.69) is 27.2 Å². The van der Waals surface area contributed by atoms with Crippen LogP contribution in [0.15, 0.2) is 51.4 Å². The minimum absolute atomic E-state index is 0.0150. The van der Waals surface area contributed by atoms with Gasteiger partial charge in [0.15, 0.2) is 11.6 Å². The Balaban J connectivity index is 1.55. The van der Waals surface area contributed by atoms with Gasteiger partial charge < -0.3 is 24.3 Å². The molecule has 44 heavy (non-hydrogen) atoms. The number of pyridine rings is 1. The first-order chi connectivity index (χ1) is 20.9. The topological polar surface area (TPSA) is 154 Å². The monoisotopic (exact) mass is 643 g/mol. The molecule has 0 aliphatic heterocycles. The summed E-state index contributed by atoms with van der Waals surface area (Å²) in [4.78, 5) is 6.84. The highest BCUT2D eigenvalue weighted by Gasteiger charge is 2.36. The number of aromatic nitrogens is 4. The summed E-state index contributed by atoms with van der Waals surface area (Å²) in [5, 5.41) is 12.4. The second-order valence-corrected chi connectivity index (χ2v) is 14.1. The molecule has 14 heteroatoms. The number of nitrogens with two attached hydrogens (primary N) is 1. The molecule has 5 rings (SSSR count). The predicted molar refractivity (Wildman–Crippen MR) is 168 cm³/mol. The second-order valence-electron chi connectivity index (χ2n) is 11.7. The number of hydrogen-bond acceptors (Lipinski definition) is 11. The van der Waals surface area contributed by atoms with Crippen LogP contribution in [0.5, 0.6) is 0 Å². The Morgan fingerprint density at radius 2 is 1.93 bits per heavy atom. The molecule has 1 aromatic carbocycles. The van der Waals surface area contributed by atoms with E-state index < -0.39 is 21.3 Å². The van der Waals surface area contributed by atoms with Gasteiger partial charge in [-0.05, 0) is 50.2 Å². The van der Waals surface area contributed by atoms with Gasteiger partial charge >= 0.3 is 0 Å². The molecule has 0 spiro atoms. The van der Waals surface area contributed by atoms with Crippen molar-refractivity contribution in [3.05, 3.63) is 70.4 Å². The maximum Gasteiger partial charge on any atom is 0.249 e. The fourth-order valence-corrected chi connectivity index (χ4v) is 6.46. The first kappa shape index (κ1) is 31.9. The lowest BCUT2D eigenvalue weighted by Gasteiger charge is -2.27. The van der Waals surface area contributed by atoms with Gasteiger partial charge in [0, 0.05) is 33.3 Å². The normalized spacial score (nSPS) is 17.8. The number of anilines is 2. The minimum atomic E-state index is -3.98. The molecule has 2 unspecified atom stereocenters. The molecule has 1 fully saturated rings. The summed E-state index contributed by atoms with van der Waals surface area (Å²) in [6.45, 7) is 7.45. The lowest BCUT2D eigenvalue weighted by molar-refractivity contribution is 0.204. The molecule has 1 aliphatic rings. The first-order valence-electron chi connectivity index (χ1n) is 14.4. The van der Waals surface area contributed by atoms with Crippen molar-refractivity contribution >= 4 is 33.3 Å². The van der Waals surface area contributed by atoms with Gasteiger partial charge in [-0.2, -0.15) is 0 Å². The van der Waals surface area contributed by atoms with E-state index in [1.807, 2.05) is 37.3 Å². The van der Waals surface area contributed by atoms with Gasteiger partial charge in [0.05, 0.1) is 28.4 Å². The third-order valence-electron chi connectivity index (χ3n) is 7.82. The van der Waals surface area contributed by atoms with Crippen LogP contribution in [0.1, 0.15) is 43.2 Å². The van der Waals surface area contributed by atoms with Crippen molar-refractivity contribution in [3.8, 4) is 11.5 Å². The van der Waals surface area contributed by atoms with Gasteiger partial charge in [-0.15, -0.1) is 10.2 Å². The predicted octanol–water partition coefficient (Wildman–Crippen LogP) is 4.57. The molecule has 0 saturated heterocycles. The summed E-state index contributed by atoms with van der Waals surface area (Å²) in [6, 6.07) is 13.1. The Bertz CT molecular complexity index is 1690. The number of sulfonamides is 1. The van der Waals surface area contributed by atoms with Crippen LogP contribution in [0, 0.1) is 18.8 Å². The van der Waals surface area contributed by atoms with Crippen LogP contribution in [-0.2, 0) is 32.5 Å². The fourth-order valence-electron chi connectivity index (χ4n) is 5.02. The van der Waals surface area contributed by atoms with Crippen molar-refractivity contribution in [2.24, 2.45) is 17.6 Å². The number of aryl methyl sites for hydroxylation is 1. The zero-order valence-electron chi connectivity index (χ0n) is 25.5. The van der Waals surface area contributed by atoms with E-state index in [0.29, 0.717) is 48.5 Å². The molecule has 3 heterocycles. The molecule has 3 atom stereocenters. The number of ether oxygens (including phenoxy) is 1. The average Bonchev–Trinajstić information content (AvgIpc) is 3.31. The molecule has 0 bridgehead atoms. The molecule has 1 saturated carbocycles. The largest absolute Gasteiger partial charge is 0.419 e. The molecule has 0 amide bonds. The van der Waals surface area contributed by atoms with Crippen LogP contribution >= 0.6 is 11.6 Å². The minimum Gasteiger partial charge on any atom is -0.419 e. The summed E-state index contributed by atoms with van der Waals surface area (Å²) in [7, 11) is -0.948. The summed E-state index contributed by atoms with van der Waals surface area (Å²) in [5.74, 6) is 1.69. The Morgan fingerprint density at radius 3 is 2.57 bits per heavy atom. The highest BCUT2D eigenvalue weighted by Crippen LogP contribution is 2.42. The van der Waals surface area contributed by atoms with Gasteiger partial charge in [-0.3, -0.25) is 4.31 Å². The Morgan fingerprint density at radius 1 is 1.20 bits per heavy atom. The number of benzene rings is 1. The van der Waals surface area contributed by atoms with E-state index in [1.165, 1.54) is 7.05 Å². The van der Waals surface area contributed by atoms with Crippen molar-refractivity contribution in [1.82, 2.24) is 20.3 Å². The third-order valence-corrected chi connectivity index (χ3v) is 9.85. The Labute approximate surface area is 262 Å². The molecular weight excluding hydrogens is 606 g/mol. The highest BCUT2D eigenvalue weighted by molar-refractivity contribution is 7.92. The van der Waals surface area contributed by atoms with Crippen molar-refractivity contribution in [2.75, 3.05) is 43.1 Å². The van der Waals surface area contributed by atoms with E-state index in [9.17, 15) is 8.42 Å². The summed E-state index contributed by atoms with van der Waals surface area (Å²) < 4.78 is 44.8. The van der Waals surface area contributed by atoms with Crippen LogP contribution in [0.4, 0.5) is 11.6 Å². The molecular formula is C30H38ClN7O5S. The second kappa shape index (κ2) is 12.8. The standard InChI is InChI=1S/C30H38ClN7O5S/c1-19-13-22(19)17-38(11-12-41-5)25-15-24(28-34-35-29(42-28)30(3,32)16-21-9-7-6-8-10-21)26(31)27(33-25)37(4)44(39,40)18-23-14-20(2)36-43-23/h6-10,14-15,19,22H,11-13,16-18,32H2,1-5H3/t19?,22?,30-/m1/s1. The van der Waals surface area contributed by atoms with E-state index in [-0.39, 0.29) is 28.4 Å². The van der Waals surface area contributed by atoms with E-state index in [0.717, 1.165) is 22.8 Å². The molecule has 12 nitrogen and oxygen atoms in total. The van der Waals surface area contributed by atoms with Gasteiger partial charge in [-0.1, -0.05) is 54.0 Å². The van der Waals surface area contributed by atoms with E-state index in [4.69, 9.17) is 36.0 Å². The number of nitrogens with zero attached hydrogens (tertiary/aromatic N) is 6. The number of methoxy groups -OCH3 is 1. The zero-order chi connectivity index (χ0) is 31.6. The van der Waals surface area contributed by atoms with Gasteiger partial charge in [0.25, 0.3) is 0 Å². The summed E-state index contributed by atoms with van der Waals surface area (Å²) in [6.07, 6.45) is 1.56. The van der Waals surface area contributed by atoms with E-state index >= 15 is 0 Å². The SMILES string of the molecule is COCCN(CC1CC1C)c1cc(-c2nnc([C@](C)(N)Cc3ccccc3)o2)c(Cl)c(N(C)S(=O)(=O)Cc2cc(C)no2)n1. The van der Waals surface area contributed by atoms with Crippen molar-refractivity contribution in [2.45, 2.75) is 44.9 Å². The van der Waals surface area contributed by atoms with Crippen molar-refractivity contribution in [3.63, 3.8) is 0 Å². The van der Waals surface area contributed by atoms with Crippen molar-refractivity contribution in [1.29, 1.82) is 0 Å². The van der Waals surface area contributed by atoms with Crippen LogP contribution in [0.25, 0.3) is 11.5 Å². The van der Waals surface area contributed by atoms with E-state index in [1.54, 1.807) is 26.2 Å². The van der Waals surface area contributed by atoms with Crippen LogP contribution in [0.2, 0.25) is 5.02 Å². The number of hydrogen-bond donors (Lipinski definition) is 1. The molecule has 3 aromatic heterocycles. The van der Waals surface area contributed by atoms with Gasteiger partial charge in [0.1, 0.15) is 11.6 Å². The fraction of sp³-hybridized carbons (Fsp3) is 0.467. The maximum absolute atomic E-state index is 13.5.